The van der Waals surface area contributed by atoms with E-state index in [1.165, 1.54) is 9.80 Å². The van der Waals surface area contributed by atoms with Crippen molar-refractivity contribution in [2.75, 3.05) is 0 Å². The molecule has 2 atom stereocenters. The molecule has 0 aromatic heterocycles. The van der Waals surface area contributed by atoms with Crippen molar-refractivity contribution in [2.24, 2.45) is 0 Å². The molecule has 5 heteroatoms. The van der Waals surface area contributed by atoms with Gasteiger partial charge in [0.2, 0.25) is 11.8 Å². The van der Waals surface area contributed by atoms with Crippen LogP contribution >= 0.6 is 0 Å². The third-order valence-corrected chi connectivity index (χ3v) is 5.02. The van der Waals surface area contributed by atoms with Gasteiger partial charge >= 0.3 is 6.03 Å². The highest BCUT2D eigenvalue weighted by molar-refractivity contribution is 6.15. The van der Waals surface area contributed by atoms with E-state index in [1.54, 1.807) is 12.2 Å². The number of rotatable bonds is 10. The average Bonchev–Trinajstić information content (AvgIpc) is 2.58. The minimum atomic E-state index is -0.767. The highest BCUT2D eigenvalue weighted by atomic mass is 16.2. The third kappa shape index (κ3) is 4.85. The Balaban J connectivity index is 3.42. The second-order valence-corrected chi connectivity index (χ2v) is 7.44. The molecular formula is C22H32N2O3. The molecule has 148 valence electrons. The number of barbiturate groups is 1. The molecule has 2 unspecified atom stereocenters. The van der Waals surface area contributed by atoms with Crippen LogP contribution in [0.25, 0.3) is 0 Å². The standard InChI is InChI=1S/C22H32N2O3/c1-7-11-15-21(5,13-9-3)23-18(25)17-19(26)24(20(23)27)22(6,14-10-4)16-12-8-2/h7-12H,3-4,13-17H2,1-2,5-6H3/b11-7+,12-8+. The maximum atomic E-state index is 13.4. The maximum Gasteiger partial charge on any atom is 0.334 e. The van der Waals surface area contributed by atoms with Crippen LogP contribution in [0.3, 0.4) is 0 Å². The van der Waals surface area contributed by atoms with Crippen LogP contribution in [-0.2, 0) is 9.59 Å². The summed E-state index contributed by atoms with van der Waals surface area (Å²) in [6.07, 6.45) is 12.6. The van der Waals surface area contributed by atoms with Gasteiger partial charge in [-0.2, -0.15) is 0 Å². The summed E-state index contributed by atoms with van der Waals surface area (Å²) in [5.74, 6) is -0.913. The predicted octanol–water partition coefficient (Wildman–Crippen LogP) is 4.77. The van der Waals surface area contributed by atoms with Crippen molar-refractivity contribution >= 4 is 17.8 Å². The van der Waals surface area contributed by atoms with Gasteiger partial charge in [-0.1, -0.05) is 36.5 Å². The fraction of sp³-hybridized carbons (Fsp3) is 0.500. The number of hydrogen-bond acceptors (Lipinski definition) is 3. The normalized spacial score (nSPS) is 20.2. The summed E-state index contributed by atoms with van der Waals surface area (Å²) in [4.78, 5) is 41.3. The van der Waals surface area contributed by atoms with Crippen molar-refractivity contribution in [3.05, 3.63) is 49.6 Å². The van der Waals surface area contributed by atoms with Gasteiger partial charge in [-0.3, -0.25) is 19.4 Å². The second-order valence-electron chi connectivity index (χ2n) is 7.44. The van der Waals surface area contributed by atoms with E-state index in [1.807, 2.05) is 52.0 Å². The lowest BCUT2D eigenvalue weighted by Crippen LogP contribution is -2.67. The van der Waals surface area contributed by atoms with Gasteiger partial charge in [0, 0.05) is 0 Å². The van der Waals surface area contributed by atoms with Crippen LogP contribution in [0, 0.1) is 0 Å². The van der Waals surface area contributed by atoms with E-state index < -0.39 is 28.9 Å². The molecule has 0 aliphatic carbocycles. The number of urea groups is 1. The Morgan fingerprint density at radius 1 is 0.815 bits per heavy atom. The van der Waals surface area contributed by atoms with Gasteiger partial charge in [-0.25, -0.2) is 4.79 Å². The van der Waals surface area contributed by atoms with E-state index in [2.05, 4.69) is 13.2 Å². The number of amides is 4. The van der Waals surface area contributed by atoms with Crippen LogP contribution in [-0.4, -0.2) is 38.7 Å². The first-order valence-corrected chi connectivity index (χ1v) is 9.35. The minimum Gasteiger partial charge on any atom is -0.274 e. The van der Waals surface area contributed by atoms with Gasteiger partial charge < -0.3 is 0 Å². The molecule has 0 N–H and O–H groups in total. The molecule has 0 aromatic carbocycles. The van der Waals surface area contributed by atoms with Gasteiger partial charge in [-0.05, 0) is 53.4 Å². The minimum absolute atomic E-state index is 0.309. The van der Waals surface area contributed by atoms with Crippen molar-refractivity contribution in [3.8, 4) is 0 Å². The smallest absolute Gasteiger partial charge is 0.274 e. The maximum absolute atomic E-state index is 13.4. The molecule has 1 heterocycles. The summed E-state index contributed by atoms with van der Waals surface area (Å²) in [7, 11) is 0. The largest absolute Gasteiger partial charge is 0.334 e. The number of hydrogen-bond donors (Lipinski definition) is 0. The molecule has 4 amide bonds. The zero-order valence-electron chi connectivity index (χ0n) is 17.0. The summed E-state index contributed by atoms with van der Waals surface area (Å²) in [5, 5.41) is 0. The molecule has 27 heavy (non-hydrogen) atoms. The Morgan fingerprint density at radius 3 is 1.48 bits per heavy atom. The highest BCUT2D eigenvalue weighted by Gasteiger charge is 2.51. The first-order valence-electron chi connectivity index (χ1n) is 9.35. The predicted molar refractivity (Wildman–Crippen MR) is 109 cm³/mol. The fourth-order valence-corrected chi connectivity index (χ4v) is 3.56. The zero-order valence-corrected chi connectivity index (χ0v) is 17.0. The molecule has 0 spiro atoms. The van der Waals surface area contributed by atoms with E-state index >= 15 is 0 Å². The Labute approximate surface area is 163 Å². The molecular weight excluding hydrogens is 340 g/mol. The monoisotopic (exact) mass is 372 g/mol. The molecule has 1 aliphatic rings. The summed E-state index contributed by atoms with van der Waals surface area (Å²) in [5.41, 5.74) is -1.53. The van der Waals surface area contributed by atoms with Crippen molar-refractivity contribution in [2.45, 2.75) is 70.9 Å². The van der Waals surface area contributed by atoms with Crippen molar-refractivity contribution < 1.29 is 14.4 Å². The van der Waals surface area contributed by atoms with E-state index in [4.69, 9.17) is 0 Å². The fourth-order valence-electron chi connectivity index (χ4n) is 3.56. The van der Waals surface area contributed by atoms with E-state index in [0.717, 1.165) is 0 Å². The van der Waals surface area contributed by atoms with Gasteiger partial charge in [0.1, 0.15) is 6.42 Å². The Morgan fingerprint density at radius 2 is 1.19 bits per heavy atom. The van der Waals surface area contributed by atoms with Crippen LogP contribution in [0.15, 0.2) is 49.6 Å². The first-order chi connectivity index (χ1) is 12.7. The molecule has 5 nitrogen and oxygen atoms in total. The van der Waals surface area contributed by atoms with Crippen LogP contribution in [0.5, 0.6) is 0 Å². The first kappa shape index (κ1) is 22.6. The van der Waals surface area contributed by atoms with E-state index in [9.17, 15) is 14.4 Å². The van der Waals surface area contributed by atoms with Crippen molar-refractivity contribution in [3.63, 3.8) is 0 Å². The highest BCUT2D eigenvalue weighted by Crippen LogP contribution is 2.35. The molecule has 0 radical (unpaired) electrons. The summed E-state index contributed by atoms with van der Waals surface area (Å²) < 4.78 is 0. The molecule has 0 bridgehead atoms. The Kier molecular flexibility index (Phi) is 7.95. The molecule has 0 aromatic rings. The number of nitrogens with zero attached hydrogens (tertiary/aromatic N) is 2. The Hall–Kier alpha value is -2.43. The number of carbonyl (C=O) groups is 3. The van der Waals surface area contributed by atoms with Crippen molar-refractivity contribution in [1.82, 2.24) is 9.80 Å². The number of carbonyl (C=O) groups excluding carboxylic acids is 3. The molecule has 1 rings (SSSR count). The average molecular weight is 373 g/mol. The third-order valence-electron chi connectivity index (χ3n) is 5.02. The molecule has 1 fully saturated rings. The molecule has 1 saturated heterocycles. The van der Waals surface area contributed by atoms with Crippen LogP contribution in [0.4, 0.5) is 4.79 Å². The second kappa shape index (κ2) is 9.49. The summed E-state index contributed by atoms with van der Waals surface area (Å²) in [6, 6.07) is -0.557. The topological polar surface area (TPSA) is 57.7 Å². The zero-order chi connectivity index (χ0) is 20.7. The van der Waals surface area contributed by atoms with E-state index in [0.29, 0.717) is 25.7 Å². The summed E-state index contributed by atoms with van der Waals surface area (Å²) in [6.45, 7) is 15.0. The van der Waals surface area contributed by atoms with Gasteiger partial charge in [-0.15, -0.1) is 13.2 Å². The van der Waals surface area contributed by atoms with Gasteiger partial charge in [0.25, 0.3) is 0 Å². The Bertz CT molecular complexity index is 610. The van der Waals surface area contributed by atoms with Crippen LogP contribution in [0.1, 0.15) is 59.8 Å². The van der Waals surface area contributed by atoms with Gasteiger partial charge in [0.05, 0.1) is 11.1 Å². The van der Waals surface area contributed by atoms with Crippen LogP contribution < -0.4 is 0 Å². The van der Waals surface area contributed by atoms with Gasteiger partial charge in [0.15, 0.2) is 0 Å². The lowest BCUT2D eigenvalue weighted by molar-refractivity contribution is -0.149. The molecule has 1 aliphatic heterocycles. The lowest BCUT2D eigenvalue weighted by atomic mass is 9.87. The number of allylic oxidation sites excluding steroid dienone is 2. The quantitative estimate of drug-likeness (QED) is 0.410. The number of imide groups is 2. The van der Waals surface area contributed by atoms with Crippen LogP contribution in [0.2, 0.25) is 0 Å². The molecule has 0 saturated carbocycles. The van der Waals surface area contributed by atoms with E-state index in [-0.39, 0.29) is 6.42 Å². The van der Waals surface area contributed by atoms with Crippen molar-refractivity contribution in [1.29, 1.82) is 0 Å². The summed E-state index contributed by atoms with van der Waals surface area (Å²) >= 11 is 0. The SMILES string of the molecule is C=CCC(C)(C/C=C/C)N1C(=O)CC(=O)N(C(C)(CC=C)C/C=C/C)C1=O. The lowest BCUT2D eigenvalue weighted by Gasteiger charge is -2.48.